The fourth-order valence-electron chi connectivity index (χ4n) is 4.68. The minimum Gasteiger partial charge on any atom is -0.545 e. The lowest BCUT2D eigenvalue weighted by atomic mass is 9.94. The van der Waals surface area contributed by atoms with Crippen LogP contribution in [0, 0.1) is 11.6 Å². The summed E-state index contributed by atoms with van der Waals surface area (Å²) >= 11 is 0. The number of ether oxygens (including phenoxy) is 2. The molecule has 0 bridgehead atoms. The van der Waals surface area contributed by atoms with Gasteiger partial charge in [0.25, 0.3) is 0 Å². The first-order valence-electron chi connectivity index (χ1n) is 14.7. The van der Waals surface area contributed by atoms with Gasteiger partial charge in [0.15, 0.2) is 11.6 Å². The Kier molecular flexibility index (Phi) is 12.9. The van der Waals surface area contributed by atoms with Gasteiger partial charge in [-0.3, -0.25) is 0 Å². The Balaban J connectivity index is 1.72. The van der Waals surface area contributed by atoms with E-state index in [1.54, 1.807) is 12.1 Å². The molecule has 3 aromatic carbocycles. The normalized spacial score (nSPS) is 11.0. The van der Waals surface area contributed by atoms with Crippen LogP contribution in [0.25, 0.3) is 22.3 Å². The van der Waals surface area contributed by atoms with Crippen molar-refractivity contribution in [2.45, 2.75) is 84.5 Å². The molecule has 0 aliphatic rings. The van der Waals surface area contributed by atoms with Gasteiger partial charge in [0, 0.05) is 11.1 Å². The van der Waals surface area contributed by atoms with Crippen LogP contribution in [0.2, 0.25) is 0 Å². The summed E-state index contributed by atoms with van der Waals surface area (Å²) in [5.74, 6) is -3.18. The van der Waals surface area contributed by atoms with Crippen LogP contribution in [-0.2, 0) is 0 Å². The summed E-state index contributed by atoms with van der Waals surface area (Å²) in [6.45, 7) is 5.27. The SMILES string of the molecule is CCCCCCCCOc1ccc(-c2ccc(C(=O)[O-])c(-c3ccc(OCCCCCCC)c(F)c3F)c2)cc1. The molecule has 0 amide bonds. The highest BCUT2D eigenvalue weighted by Crippen LogP contribution is 2.35. The van der Waals surface area contributed by atoms with Gasteiger partial charge >= 0.3 is 0 Å². The average molecular weight is 552 g/mol. The molecule has 0 aromatic heterocycles. The smallest absolute Gasteiger partial charge is 0.201 e. The molecule has 0 atom stereocenters. The van der Waals surface area contributed by atoms with Crippen LogP contribution in [0.4, 0.5) is 8.78 Å². The van der Waals surface area contributed by atoms with E-state index >= 15 is 4.39 Å². The molecule has 3 aromatic rings. The Hall–Kier alpha value is -3.41. The van der Waals surface area contributed by atoms with E-state index in [0.717, 1.165) is 56.3 Å². The number of hydrogen-bond acceptors (Lipinski definition) is 4. The first-order valence-corrected chi connectivity index (χ1v) is 14.7. The van der Waals surface area contributed by atoms with Gasteiger partial charge < -0.3 is 19.4 Å². The number of rotatable bonds is 18. The van der Waals surface area contributed by atoms with E-state index in [9.17, 15) is 14.3 Å². The second kappa shape index (κ2) is 16.6. The molecule has 216 valence electrons. The molecule has 4 nitrogen and oxygen atoms in total. The third-order valence-corrected chi connectivity index (χ3v) is 7.04. The van der Waals surface area contributed by atoms with E-state index in [1.807, 2.05) is 24.3 Å². The highest BCUT2D eigenvalue weighted by Gasteiger charge is 2.19. The van der Waals surface area contributed by atoms with Crippen LogP contribution in [-0.4, -0.2) is 19.2 Å². The Labute approximate surface area is 237 Å². The van der Waals surface area contributed by atoms with Crippen molar-refractivity contribution in [2.75, 3.05) is 13.2 Å². The highest BCUT2D eigenvalue weighted by atomic mass is 19.2. The molecule has 0 heterocycles. The van der Waals surface area contributed by atoms with Crippen LogP contribution in [0.3, 0.4) is 0 Å². The summed E-state index contributed by atoms with van der Waals surface area (Å²) in [5, 5.41) is 11.8. The number of unbranched alkanes of at least 4 members (excludes halogenated alkanes) is 9. The molecule has 0 aliphatic carbocycles. The lowest BCUT2D eigenvalue weighted by Gasteiger charge is -2.16. The Morgan fingerprint density at radius 2 is 1.23 bits per heavy atom. The molecule has 0 aliphatic heterocycles. The molecule has 0 spiro atoms. The summed E-state index contributed by atoms with van der Waals surface area (Å²) in [7, 11) is 0. The van der Waals surface area contributed by atoms with Crippen LogP contribution in [0.5, 0.6) is 11.5 Å². The second-order valence-electron chi connectivity index (χ2n) is 10.2. The van der Waals surface area contributed by atoms with Crippen molar-refractivity contribution in [1.82, 2.24) is 0 Å². The van der Waals surface area contributed by atoms with Crippen LogP contribution in [0.1, 0.15) is 94.8 Å². The third kappa shape index (κ3) is 9.07. The molecule has 0 fully saturated rings. The quantitative estimate of drug-likeness (QED) is 0.148. The number of carboxylic acid groups (broad SMARTS) is 1. The van der Waals surface area contributed by atoms with Gasteiger partial charge in [-0.05, 0) is 59.9 Å². The Bertz CT molecular complexity index is 1210. The van der Waals surface area contributed by atoms with Crippen molar-refractivity contribution >= 4 is 5.97 Å². The standard InChI is InChI=1S/C34H42F2O4/c1-3-5-7-9-11-12-22-39-27-17-14-25(15-18-27)26-16-19-29(34(37)38)30(24-26)28-20-21-31(33(36)32(28)35)40-23-13-10-8-6-4-2/h14-21,24H,3-13,22-23H2,1-2H3,(H,37,38)/p-1. The van der Waals surface area contributed by atoms with Gasteiger partial charge in [0.1, 0.15) is 5.75 Å². The minimum atomic E-state index is -1.47. The van der Waals surface area contributed by atoms with Gasteiger partial charge in [-0.25, -0.2) is 4.39 Å². The van der Waals surface area contributed by atoms with E-state index < -0.39 is 17.6 Å². The number of carbonyl (C=O) groups is 1. The zero-order chi connectivity index (χ0) is 28.7. The lowest BCUT2D eigenvalue weighted by molar-refractivity contribution is -0.254. The van der Waals surface area contributed by atoms with E-state index in [2.05, 4.69) is 13.8 Å². The fraction of sp³-hybridized carbons (Fsp3) is 0.441. The molecular formula is C34H41F2O4-. The van der Waals surface area contributed by atoms with Crippen LogP contribution in [0.15, 0.2) is 54.6 Å². The molecule has 0 unspecified atom stereocenters. The molecule has 0 saturated carbocycles. The Morgan fingerprint density at radius 1 is 0.650 bits per heavy atom. The van der Waals surface area contributed by atoms with Crippen LogP contribution >= 0.6 is 0 Å². The second-order valence-corrected chi connectivity index (χ2v) is 10.2. The zero-order valence-corrected chi connectivity index (χ0v) is 23.8. The van der Waals surface area contributed by atoms with E-state index in [1.165, 1.54) is 43.9 Å². The van der Waals surface area contributed by atoms with Gasteiger partial charge in [0.2, 0.25) is 5.82 Å². The largest absolute Gasteiger partial charge is 0.545 e. The molecule has 0 saturated heterocycles. The monoisotopic (exact) mass is 551 g/mol. The van der Waals surface area contributed by atoms with Crippen LogP contribution < -0.4 is 14.6 Å². The van der Waals surface area contributed by atoms with Gasteiger partial charge in [-0.2, -0.15) is 4.39 Å². The maximum absolute atomic E-state index is 15.2. The number of benzene rings is 3. The predicted octanol–water partition coefficient (Wildman–Crippen LogP) is 8.75. The summed E-state index contributed by atoms with van der Waals surface area (Å²) in [6, 6.07) is 14.7. The molecule has 3 rings (SSSR count). The van der Waals surface area contributed by atoms with Crippen molar-refractivity contribution in [3.05, 3.63) is 71.8 Å². The lowest BCUT2D eigenvalue weighted by Crippen LogP contribution is -2.23. The maximum atomic E-state index is 15.2. The molecule has 6 heteroatoms. The number of aromatic carboxylic acids is 1. The van der Waals surface area contributed by atoms with E-state index in [0.29, 0.717) is 12.2 Å². The van der Waals surface area contributed by atoms with Gasteiger partial charge in [-0.15, -0.1) is 0 Å². The number of hydrogen-bond donors (Lipinski definition) is 0. The maximum Gasteiger partial charge on any atom is 0.201 e. The van der Waals surface area contributed by atoms with Crippen molar-refractivity contribution in [3.63, 3.8) is 0 Å². The Morgan fingerprint density at radius 3 is 1.85 bits per heavy atom. The first kappa shape index (κ1) is 31.1. The summed E-state index contributed by atoms with van der Waals surface area (Å²) in [4.78, 5) is 11.8. The van der Waals surface area contributed by atoms with Gasteiger partial charge in [0.05, 0.1) is 19.2 Å². The molecular weight excluding hydrogens is 510 g/mol. The highest BCUT2D eigenvalue weighted by molar-refractivity contribution is 5.96. The topological polar surface area (TPSA) is 58.6 Å². The predicted molar refractivity (Wildman–Crippen MR) is 155 cm³/mol. The molecule has 0 radical (unpaired) electrons. The first-order chi connectivity index (χ1) is 19.5. The summed E-state index contributed by atoms with van der Waals surface area (Å²) in [6.07, 6.45) is 12.2. The van der Waals surface area contributed by atoms with E-state index in [-0.39, 0.29) is 29.0 Å². The van der Waals surface area contributed by atoms with Gasteiger partial charge in [-0.1, -0.05) is 95.9 Å². The van der Waals surface area contributed by atoms with Crippen molar-refractivity contribution in [2.24, 2.45) is 0 Å². The minimum absolute atomic E-state index is 0.0448. The van der Waals surface area contributed by atoms with E-state index in [4.69, 9.17) is 9.47 Å². The number of halogens is 2. The van der Waals surface area contributed by atoms with Crippen molar-refractivity contribution < 1.29 is 28.2 Å². The summed E-state index contributed by atoms with van der Waals surface area (Å²) in [5.41, 5.74) is 1.12. The van der Waals surface area contributed by atoms with Crippen molar-refractivity contribution in [1.29, 1.82) is 0 Å². The summed E-state index contributed by atoms with van der Waals surface area (Å²) < 4.78 is 41.4. The third-order valence-electron chi connectivity index (χ3n) is 7.04. The number of carbonyl (C=O) groups excluding carboxylic acids is 1. The molecule has 0 N–H and O–H groups in total. The average Bonchev–Trinajstić information content (AvgIpc) is 2.96. The molecule has 40 heavy (non-hydrogen) atoms. The fourth-order valence-corrected chi connectivity index (χ4v) is 4.68. The zero-order valence-electron chi connectivity index (χ0n) is 23.8. The van der Waals surface area contributed by atoms with Crippen molar-refractivity contribution in [3.8, 4) is 33.8 Å². The number of carboxylic acids is 1.